The number of carbonyl (C=O) groups is 1. The third-order valence-corrected chi connectivity index (χ3v) is 4.41. The lowest BCUT2D eigenvalue weighted by Gasteiger charge is -2.08. The highest BCUT2D eigenvalue weighted by Crippen LogP contribution is 2.24. The zero-order valence-electron chi connectivity index (χ0n) is 15.2. The van der Waals surface area contributed by atoms with Gasteiger partial charge in [-0.2, -0.15) is 0 Å². The number of Topliss-reactive ketones (excluding diaryl/α,β-unsaturated/α-hetero) is 1. The van der Waals surface area contributed by atoms with E-state index in [2.05, 4.69) is 29.7 Å². The minimum absolute atomic E-state index is 0.00382. The topological polar surface area (TPSA) is 31.2 Å². The first kappa shape index (κ1) is 17.3. The number of aryl methyl sites for hydroxylation is 2. The van der Waals surface area contributed by atoms with Gasteiger partial charge in [0.15, 0.2) is 5.78 Å². The smallest absolute Gasteiger partial charge is 0.167 e. The van der Waals surface area contributed by atoms with Gasteiger partial charge in [0, 0.05) is 35.1 Å². The van der Waals surface area contributed by atoms with Crippen molar-refractivity contribution in [1.82, 2.24) is 4.57 Å². The van der Waals surface area contributed by atoms with Crippen molar-refractivity contribution < 1.29 is 9.53 Å². The van der Waals surface area contributed by atoms with Gasteiger partial charge < -0.3 is 9.30 Å². The third kappa shape index (κ3) is 3.93. The molecule has 2 aromatic carbocycles. The van der Waals surface area contributed by atoms with E-state index < -0.39 is 0 Å². The summed E-state index contributed by atoms with van der Waals surface area (Å²) in [5, 5.41) is 1.04. The quantitative estimate of drug-likeness (QED) is 0.436. The van der Waals surface area contributed by atoms with Crippen LogP contribution in [-0.2, 0) is 6.54 Å². The van der Waals surface area contributed by atoms with Crippen LogP contribution in [0.4, 0.5) is 0 Å². The highest BCUT2D eigenvalue weighted by atomic mass is 16.5. The normalized spacial score (nSPS) is 11.2. The number of hydrogen-bond donors (Lipinski definition) is 0. The summed E-state index contributed by atoms with van der Waals surface area (Å²) in [5.41, 5.74) is 3.17. The summed E-state index contributed by atoms with van der Waals surface area (Å²) in [5.74, 6) is 1.11. The number of hydrogen-bond acceptors (Lipinski definition) is 2. The molecule has 3 heteroatoms. The minimum atomic E-state index is 0.00382. The molecule has 0 spiro atoms. The van der Waals surface area contributed by atoms with E-state index in [1.54, 1.807) is 0 Å². The largest absolute Gasteiger partial charge is 0.494 e. The Kier molecular flexibility index (Phi) is 5.22. The molecule has 0 aliphatic rings. The predicted octanol–water partition coefficient (Wildman–Crippen LogP) is 5.26. The number of carbonyl (C=O) groups excluding carboxylic acids is 1. The van der Waals surface area contributed by atoms with Crippen LogP contribution in [0.2, 0.25) is 0 Å². The Morgan fingerprint density at radius 3 is 2.52 bits per heavy atom. The van der Waals surface area contributed by atoms with E-state index in [-0.39, 0.29) is 11.7 Å². The standard InChI is InChI=1S/C22H25NO2/c1-16(2)22(24)20-15-23(21-8-5-4-7-19(20)21)13-6-14-25-18-11-9-17(3)10-12-18/h4-5,7-12,15-16H,6,13-14H2,1-3H3. The van der Waals surface area contributed by atoms with Crippen LogP contribution in [0.15, 0.2) is 54.7 Å². The number of benzene rings is 2. The number of aromatic nitrogens is 1. The molecule has 0 amide bonds. The molecule has 3 rings (SSSR count). The van der Waals surface area contributed by atoms with Crippen molar-refractivity contribution in [2.24, 2.45) is 5.92 Å². The fourth-order valence-corrected chi connectivity index (χ4v) is 3.00. The van der Waals surface area contributed by atoms with Crippen molar-refractivity contribution in [3.8, 4) is 5.75 Å². The number of fused-ring (bicyclic) bond motifs is 1. The minimum Gasteiger partial charge on any atom is -0.494 e. The maximum atomic E-state index is 12.5. The Morgan fingerprint density at radius 2 is 1.80 bits per heavy atom. The lowest BCUT2D eigenvalue weighted by atomic mass is 10.0. The molecule has 130 valence electrons. The fraction of sp³-hybridized carbons (Fsp3) is 0.318. The predicted molar refractivity (Wildman–Crippen MR) is 102 cm³/mol. The fourth-order valence-electron chi connectivity index (χ4n) is 3.00. The SMILES string of the molecule is Cc1ccc(OCCCn2cc(C(=O)C(C)C)c3ccccc32)cc1. The molecule has 0 bridgehead atoms. The third-order valence-electron chi connectivity index (χ3n) is 4.41. The second kappa shape index (κ2) is 7.56. The van der Waals surface area contributed by atoms with Gasteiger partial charge in [0.2, 0.25) is 0 Å². The van der Waals surface area contributed by atoms with E-state index >= 15 is 0 Å². The maximum absolute atomic E-state index is 12.5. The summed E-state index contributed by atoms with van der Waals surface area (Å²) in [6.45, 7) is 7.45. The molecule has 1 heterocycles. The summed E-state index contributed by atoms with van der Waals surface area (Å²) >= 11 is 0. The zero-order valence-corrected chi connectivity index (χ0v) is 15.2. The number of nitrogens with zero attached hydrogens (tertiary/aromatic N) is 1. The Bertz CT molecular complexity index is 859. The lowest BCUT2D eigenvalue weighted by Crippen LogP contribution is -2.07. The Balaban J connectivity index is 1.69. The molecule has 0 saturated heterocycles. The second-order valence-electron chi connectivity index (χ2n) is 6.79. The maximum Gasteiger partial charge on any atom is 0.167 e. The lowest BCUT2D eigenvalue weighted by molar-refractivity contribution is 0.0941. The average Bonchev–Trinajstić information content (AvgIpc) is 2.98. The van der Waals surface area contributed by atoms with Gasteiger partial charge in [-0.05, 0) is 31.5 Å². The van der Waals surface area contributed by atoms with Gasteiger partial charge in [0.1, 0.15) is 5.75 Å². The molecule has 0 N–H and O–H groups in total. The highest BCUT2D eigenvalue weighted by Gasteiger charge is 2.17. The monoisotopic (exact) mass is 335 g/mol. The van der Waals surface area contributed by atoms with Crippen molar-refractivity contribution in [1.29, 1.82) is 0 Å². The highest BCUT2D eigenvalue weighted by molar-refractivity contribution is 6.08. The molecule has 0 aliphatic heterocycles. The van der Waals surface area contributed by atoms with Gasteiger partial charge in [0.05, 0.1) is 6.61 Å². The van der Waals surface area contributed by atoms with Crippen molar-refractivity contribution in [3.05, 3.63) is 65.9 Å². The van der Waals surface area contributed by atoms with Gasteiger partial charge >= 0.3 is 0 Å². The second-order valence-corrected chi connectivity index (χ2v) is 6.79. The van der Waals surface area contributed by atoms with Crippen LogP contribution in [-0.4, -0.2) is 17.0 Å². The molecule has 1 aromatic heterocycles. The molecule has 0 radical (unpaired) electrons. The van der Waals surface area contributed by atoms with Crippen LogP contribution < -0.4 is 4.74 Å². The zero-order chi connectivity index (χ0) is 17.8. The molecule has 0 unspecified atom stereocenters. The van der Waals surface area contributed by atoms with E-state index in [1.165, 1.54) is 5.56 Å². The number of rotatable bonds is 7. The molecule has 3 nitrogen and oxygen atoms in total. The van der Waals surface area contributed by atoms with Gasteiger partial charge in [0.25, 0.3) is 0 Å². The first-order chi connectivity index (χ1) is 12.1. The van der Waals surface area contributed by atoms with Gasteiger partial charge in [-0.1, -0.05) is 49.7 Å². The van der Waals surface area contributed by atoms with Crippen LogP contribution in [0.1, 0.15) is 36.2 Å². The van der Waals surface area contributed by atoms with Crippen LogP contribution in [0.3, 0.4) is 0 Å². The molecule has 0 saturated carbocycles. The van der Waals surface area contributed by atoms with Gasteiger partial charge in [-0.3, -0.25) is 4.79 Å². The van der Waals surface area contributed by atoms with Crippen LogP contribution in [0, 0.1) is 12.8 Å². The molecule has 0 aliphatic carbocycles. The summed E-state index contributed by atoms with van der Waals surface area (Å²) in [6.07, 6.45) is 2.89. The molecular weight excluding hydrogens is 310 g/mol. The van der Waals surface area contributed by atoms with Gasteiger partial charge in [-0.25, -0.2) is 0 Å². The first-order valence-corrected chi connectivity index (χ1v) is 8.88. The van der Waals surface area contributed by atoms with Crippen molar-refractivity contribution in [3.63, 3.8) is 0 Å². The number of ether oxygens (including phenoxy) is 1. The van der Waals surface area contributed by atoms with E-state index in [1.807, 2.05) is 50.4 Å². The molecular formula is C22H25NO2. The summed E-state index contributed by atoms with van der Waals surface area (Å²) in [6, 6.07) is 16.2. The van der Waals surface area contributed by atoms with Gasteiger partial charge in [-0.15, -0.1) is 0 Å². The first-order valence-electron chi connectivity index (χ1n) is 8.88. The van der Waals surface area contributed by atoms with E-state index in [9.17, 15) is 4.79 Å². The molecule has 25 heavy (non-hydrogen) atoms. The summed E-state index contributed by atoms with van der Waals surface area (Å²) in [4.78, 5) is 12.5. The Morgan fingerprint density at radius 1 is 1.08 bits per heavy atom. The summed E-state index contributed by atoms with van der Waals surface area (Å²) < 4.78 is 7.98. The van der Waals surface area contributed by atoms with Crippen molar-refractivity contribution >= 4 is 16.7 Å². The molecule has 3 aromatic rings. The molecule has 0 atom stereocenters. The van der Waals surface area contributed by atoms with E-state index in [4.69, 9.17) is 4.74 Å². The van der Waals surface area contributed by atoms with Crippen molar-refractivity contribution in [2.75, 3.05) is 6.61 Å². The average molecular weight is 335 g/mol. The Hall–Kier alpha value is -2.55. The molecule has 0 fully saturated rings. The van der Waals surface area contributed by atoms with Crippen LogP contribution >= 0.6 is 0 Å². The van der Waals surface area contributed by atoms with Crippen molar-refractivity contribution in [2.45, 2.75) is 33.7 Å². The number of para-hydroxylation sites is 1. The van der Waals surface area contributed by atoms with Crippen LogP contribution in [0.5, 0.6) is 5.75 Å². The Labute approximate surface area is 149 Å². The van der Waals surface area contributed by atoms with E-state index in [0.29, 0.717) is 6.61 Å². The van der Waals surface area contributed by atoms with E-state index in [0.717, 1.165) is 35.2 Å². The summed E-state index contributed by atoms with van der Waals surface area (Å²) in [7, 11) is 0. The van der Waals surface area contributed by atoms with Crippen LogP contribution in [0.25, 0.3) is 10.9 Å². The number of ketones is 1.